The second kappa shape index (κ2) is 9.12. The Bertz CT molecular complexity index is 734. The van der Waals surface area contributed by atoms with Crippen LogP contribution in [0, 0.1) is 6.92 Å². The molecule has 0 fully saturated rings. The number of aryl methyl sites for hydroxylation is 3. The van der Waals surface area contributed by atoms with Crippen LogP contribution < -0.4 is 5.32 Å². The molecule has 0 saturated heterocycles. The minimum Gasteiger partial charge on any atom is -0.356 e. The number of hydrogen-bond acceptors (Lipinski definition) is 5. The van der Waals surface area contributed by atoms with Crippen LogP contribution in [0.25, 0.3) is 0 Å². The summed E-state index contributed by atoms with van der Waals surface area (Å²) in [5, 5.41) is 15.4. The van der Waals surface area contributed by atoms with Crippen molar-refractivity contribution < 1.29 is 0 Å². The van der Waals surface area contributed by atoms with Crippen molar-refractivity contribution in [3.63, 3.8) is 0 Å². The highest BCUT2D eigenvalue weighted by Crippen LogP contribution is 2.15. The highest BCUT2D eigenvalue weighted by Gasteiger charge is 2.14. The lowest BCUT2D eigenvalue weighted by Crippen LogP contribution is -2.39. The Labute approximate surface area is 159 Å². The number of fused-ring (bicyclic) bond motifs is 1. The van der Waals surface area contributed by atoms with Crippen LogP contribution in [-0.2, 0) is 25.9 Å². The summed E-state index contributed by atoms with van der Waals surface area (Å²) in [6, 6.07) is 0. The summed E-state index contributed by atoms with van der Waals surface area (Å²) < 4.78 is 2.33. The molecule has 142 valence electrons. The standard InChI is InChI=1S/C18H29N7S/c1-14-21-15(13-26-14)12-24(3)18(19-2)20-10-7-9-17-23-22-16-8-5-4-6-11-25(16)17/h13H,4-12H2,1-3H3,(H,19,20). The SMILES string of the molecule is CN=C(NCCCc1nnc2n1CCCCC2)N(C)Cc1csc(C)n1. The van der Waals surface area contributed by atoms with Gasteiger partial charge in [-0.2, -0.15) is 0 Å². The van der Waals surface area contributed by atoms with E-state index in [0.717, 1.165) is 61.4 Å². The molecule has 2 aromatic heterocycles. The average Bonchev–Trinajstić information content (AvgIpc) is 3.12. The Morgan fingerprint density at radius 3 is 3.00 bits per heavy atom. The van der Waals surface area contributed by atoms with Gasteiger partial charge in [0, 0.05) is 45.4 Å². The van der Waals surface area contributed by atoms with E-state index in [-0.39, 0.29) is 0 Å². The maximum atomic E-state index is 4.52. The highest BCUT2D eigenvalue weighted by molar-refractivity contribution is 7.09. The number of aromatic nitrogens is 4. The van der Waals surface area contributed by atoms with E-state index in [1.165, 1.54) is 25.1 Å². The van der Waals surface area contributed by atoms with Crippen molar-refractivity contribution in [2.24, 2.45) is 4.99 Å². The number of nitrogens with one attached hydrogen (secondary N) is 1. The molecule has 0 amide bonds. The lowest BCUT2D eigenvalue weighted by Gasteiger charge is -2.21. The van der Waals surface area contributed by atoms with Crippen LogP contribution in [0.5, 0.6) is 0 Å². The second-order valence-electron chi connectivity index (χ2n) is 6.79. The number of aliphatic imine (C=N–C) groups is 1. The van der Waals surface area contributed by atoms with Gasteiger partial charge in [-0.1, -0.05) is 6.42 Å². The quantitative estimate of drug-likeness (QED) is 0.477. The smallest absolute Gasteiger partial charge is 0.193 e. The van der Waals surface area contributed by atoms with E-state index >= 15 is 0 Å². The summed E-state index contributed by atoms with van der Waals surface area (Å²) in [4.78, 5) is 11.0. The molecule has 0 saturated carbocycles. The topological polar surface area (TPSA) is 71.2 Å². The molecule has 8 heteroatoms. The summed E-state index contributed by atoms with van der Waals surface area (Å²) >= 11 is 1.69. The fourth-order valence-corrected chi connectivity index (χ4v) is 3.96. The van der Waals surface area contributed by atoms with Gasteiger partial charge in [-0.15, -0.1) is 21.5 Å². The number of nitrogens with zero attached hydrogens (tertiary/aromatic N) is 6. The minimum absolute atomic E-state index is 0.766. The first kappa shape index (κ1) is 18.8. The van der Waals surface area contributed by atoms with E-state index in [4.69, 9.17) is 0 Å². The molecule has 0 aliphatic carbocycles. The third kappa shape index (κ3) is 4.81. The maximum Gasteiger partial charge on any atom is 0.193 e. The van der Waals surface area contributed by atoms with Gasteiger partial charge in [-0.05, 0) is 26.2 Å². The van der Waals surface area contributed by atoms with Crippen LogP contribution >= 0.6 is 11.3 Å². The van der Waals surface area contributed by atoms with Gasteiger partial charge in [0.1, 0.15) is 11.6 Å². The van der Waals surface area contributed by atoms with Crippen LogP contribution in [0.3, 0.4) is 0 Å². The normalized spacial score (nSPS) is 14.8. The van der Waals surface area contributed by atoms with Gasteiger partial charge in [-0.25, -0.2) is 4.98 Å². The van der Waals surface area contributed by atoms with Crippen molar-refractivity contribution in [2.75, 3.05) is 20.6 Å². The zero-order valence-electron chi connectivity index (χ0n) is 16.0. The zero-order valence-corrected chi connectivity index (χ0v) is 16.8. The molecular weight excluding hydrogens is 346 g/mol. The maximum absolute atomic E-state index is 4.52. The van der Waals surface area contributed by atoms with Gasteiger partial charge in [0.05, 0.1) is 17.2 Å². The van der Waals surface area contributed by atoms with E-state index in [1.807, 2.05) is 21.0 Å². The summed E-state index contributed by atoms with van der Waals surface area (Å²) in [5.41, 5.74) is 1.09. The lowest BCUT2D eigenvalue weighted by molar-refractivity contribution is 0.469. The Hall–Kier alpha value is -1.96. The van der Waals surface area contributed by atoms with Crippen LogP contribution in [0.15, 0.2) is 10.4 Å². The van der Waals surface area contributed by atoms with Crippen molar-refractivity contribution in [3.05, 3.63) is 27.7 Å². The van der Waals surface area contributed by atoms with Crippen LogP contribution in [0.2, 0.25) is 0 Å². The van der Waals surface area contributed by atoms with Gasteiger partial charge in [-0.3, -0.25) is 4.99 Å². The first-order valence-electron chi connectivity index (χ1n) is 9.41. The molecule has 26 heavy (non-hydrogen) atoms. The van der Waals surface area contributed by atoms with Crippen molar-refractivity contribution in [1.29, 1.82) is 0 Å². The first-order valence-corrected chi connectivity index (χ1v) is 10.3. The molecule has 0 bridgehead atoms. The molecule has 0 spiro atoms. The van der Waals surface area contributed by atoms with Crippen LogP contribution in [0.1, 0.15) is 48.0 Å². The van der Waals surface area contributed by atoms with Gasteiger partial charge < -0.3 is 14.8 Å². The molecule has 1 aliphatic heterocycles. The molecular formula is C18H29N7S. The summed E-state index contributed by atoms with van der Waals surface area (Å²) in [7, 11) is 3.87. The van der Waals surface area contributed by atoms with Crippen LogP contribution in [-0.4, -0.2) is 51.2 Å². The van der Waals surface area contributed by atoms with E-state index in [1.54, 1.807) is 11.3 Å². The van der Waals surface area contributed by atoms with Crippen LogP contribution in [0.4, 0.5) is 0 Å². The number of hydrogen-bond donors (Lipinski definition) is 1. The van der Waals surface area contributed by atoms with E-state index in [0.29, 0.717) is 0 Å². The monoisotopic (exact) mass is 375 g/mol. The van der Waals surface area contributed by atoms with Crippen molar-refractivity contribution >= 4 is 17.3 Å². The van der Waals surface area contributed by atoms with Gasteiger partial charge in [0.2, 0.25) is 0 Å². The van der Waals surface area contributed by atoms with Gasteiger partial charge >= 0.3 is 0 Å². The van der Waals surface area contributed by atoms with Crippen molar-refractivity contribution in [3.8, 4) is 0 Å². The summed E-state index contributed by atoms with van der Waals surface area (Å²) in [6.45, 7) is 4.74. The Balaban J connectivity index is 1.45. The number of thiazole rings is 1. The fourth-order valence-electron chi connectivity index (χ4n) is 3.36. The Morgan fingerprint density at radius 1 is 1.35 bits per heavy atom. The molecule has 1 N–H and O–H groups in total. The van der Waals surface area contributed by atoms with Gasteiger partial charge in [0.15, 0.2) is 5.96 Å². The highest BCUT2D eigenvalue weighted by atomic mass is 32.1. The molecule has 0 atom stereocenters. The molecule has 0 aromatic carbocycles. The second-order valence-corrected chi connectivity index (χ2v) is 7.85. The zero-order chi connectivity index (χ0) is 18.4. The van der Waals surface area contributed by atoms with Crippen molar-refractivity contribution in [2.45, 2.75) is 58.5 Å². The Kier molecular flexibility index (Phi) is 6.60. The average molecular weight is 376 g/mol. The third-order valence-electron chi connectivity index (χ3n) is 4.69. The van der Waals surface area contributed by atoms with Crippen molar-refractivity contribution in [1.82, 2.24) is 30.0 Å². The largest absolute Gasteiger partial charge is 0.356 e. The minimum atomic E-state index is 0.766. The first-order chi connectivity index (χ1) is 12.7. The van der Waals surface area contributed by atoms with E-state index < -0.39 is 0 Å². The third-order valence-corrected chi connectivity index (χ3v) is 5.51. The molecule has 7 nitrogen and oxygen atoms in total. The Morgan fingerprint density at radius 2 is 2.23 bits per heavy atom. The van der Waals surface area contributed by atoms with E-state index in [9.17, 15) is 0 Å². The number of rotatable bonds is 6. The molecule has 1 aliphatic rings. The molecule has 3 heterocycles. The lowest BCUT2D eigenvalue weighted by atomic mass is 10.2. The molecule has 0 unspecified atom stereocenters. The summed E-state index contributed by atoms with van der Waals surface area (Å²) in [6.07, 6.45) is 6.81. The summed E-state index contributed by atoms with van der Waals surface area (Å²) in [5.74, 6) is 3.19. The van der Waals surface area contributed by atoms with E-state index in [2.05, 4.69) is 40.3 Å². The predicted molar refractivity (Wildman–Crippen MR) is 106 cm³/mol. The number of guanidine groups is 1. The fraction of sp³-hybridized carbons (Fsp3) is 0.667. The van der Waals surface area contributed by atoms with Gasteiger partial charge in [0.25, 0.3) is 0 Å². The predicted octanol–water partition coefficient (Wildman–Crippen LogP) is 2.41. The molecule has 0 radical (unpaired) electrons. The molecule has 3 rings (SSSR count). The molecule has 2 aromatic rings.